The fourth-order valence-electron chi connectivity index (χ4n) is 2.56. The fraction of sp³-hybridized carbons (Fsp3) is 0.941. The summed E-state index contributed by atoms with van der Waals surface area (Å²) in [6, 6.07) is 0. The third-order valence-corrected chi connectivity index (χ3v) is 3.82. The summed E-state index contributed by atoms with van der Waals surface area (Å²) < 4.78 is 0. The second-order valence-corrected chi connectivity index (χ2v) is 6.96. The number of rotatable bonds is 9. The monoisotopic (exact) mass is 239 g/mol. The minimum Gasteiger partial charge on any atom is -0.0654 e. The maximum absolute atomic E-state index is 4.16. The average Bonchev–Trinajstić information content (AvgIpc) is 2.19. The van der Waals surface area contributed by atoms with E-state index in [1.165, 1.54) is 51.4 Å². The predicted octanol–water partition coefficient (Wildman–Crippen LogP) is 6.26. The van der Waals surface area contributed by atoms with E-state index in [2.05, 4.69) is 41.5 Å². The summed E-state index contributed by atoms with van der Waals surface area (Å²) in [5.74, 6) is 1.44. The Morgan fingerprint density at radius 2 is 1.47 bits per heavy atom. The Balaban J connectivity index is 3.77. The molecule has 0 aromatic heterocycles. The zero-order valence-corrected chi connectivity index (χ0v) is 13.0. The molecule has 0 saturated carbocycles. The van der Waals surface area contributed by atoms with E-state index < -0.39 is 0 Å². The van der Waals surface area contributed by atoms with Crippen molar-refractivity contribution in [3.8, 4) is 0 Å². The second kappa shape index (κ2) is 9.00. The molecule has 0 N–H and O–H groups in total. The Labute approximate surface area is 111 Å². The SMILES string of the molecule is [CH2]C(C)CC(CCCCCCCC)C(C)(C)C. The summed E-state index contributed by atoms with van der Waals surface area (Å²) in [6.07, 6.45) is 11.2. The molecule has 0 saturated heterocycles. The molecule has 0 nitrogen and oxygen atoms in total. The molecule has 2 unspecified atom stereocenters. The third kappa shape index (κ3) is 9.68. The highest BCUT2D eigenvalue weighted by Gasteiger charge is 2.24. The topological polar surface area (TPSA) is 0 Å². The Hall–Kier alpha value is 0. The highest BCUT2D eigenvalue weighted by Crippen LogP contribution is 2.35. The summed E-state index contributed by atoms with van der Waals surface area (Å²) >= 11 is 0. The molecule has 17 heavy (non-hydrogen) atoms. The van der Waals surface area contributed by atoms with Gasteiger partial charge in [-0.3, -0.25) is 0 Å². The number of hydrogen-bond donors (Lipinski definition) is 0. The molecule has 0 aliphatic heterocycles. The molecule has 0 rings (SSSR count). The van der Waals surface area contributed by atoms with E-state index in [0.29, 0.717) is 11.3 Å². The van der Waals surface area contributed by atoms with Crippen LogP contribution >= 0.6 is 0 Å². The maximum Gasteiger partial charge on any atom is -0.0354 e. The molecule has 0 spiro atoms. The van der Waals surface area contributed by atoms with Gasteiger partial charge in [-0.2, -0.15) is 0 Å². The van der Waals surface area contributed by atoms with Crippen LogP contribution < -0.4 is 0 Å². The highest BCUT2D eigenvalue weighted by molar-refractivity contribution is 4.76. The first-order chi connectivity index (χ1) is 7.88. The van der Waals surface area contributed by atoms with Crippen molar-refractivity contribution in [1.29, 1.82) is 0 Å². The average molecular weight is 239 g/mol. The van der Waals surface area contributed by atoms with Gasteiger partial charge in [-0.25, -0.2) is 0 Å². The summed E-state index contributed by atoms with van der Waals surface area (Å²) in [4.78, 5) is 0. The van der Waals surface area contributed by atoms with Crippen LogP contribution in [0.25, 0.3) is 0 Å². The van der Waals surface area contributed by atoms with Crippen LogP contribution in [0.15, 0.2) is 0 Å². The Kier molecular flexibility index (Phi) is 9.00. The molecule has 103 valence electrons. The van der Waals surface area contributed by atoms with Crippen LogP contribution in [0.3, 0.4) is 0 Å². The molecule has 0 aliphatic rings. The minimum absolute atomic E-state index is 0.454. The van der Waals surface area contributed by atoms with Crippen molar-refractivity contribution in [3.05, 3.63) is 6.92 Å². The minimum atomic E-state index is 0.454. The van der Waals surface area contributed by atoms with Crippen LogP contribution in [0, 0.1) is 24.2 Å². The summed E-state index contributed by atoms with van der Waals surface area (Å²) in [7, 11) is 0. The fourth-order valence-corrected chi connectivity index (χ4v) is 2.56. The largest absolute Gasteiger partial charge is 0.0654 e. The van der Waals surface area contributed by atoms with E-state index in [4.69, 9.17) is 0 Å². The lowest BCUT2D eigenvalue weighted by Crippen LogP contribution is -2.22. The van der Waals surface area contributed by atoms with Crippen molar-refractivity contribution < 1.29 is 0 Å². The van der Waals surface area contributed by atoms with Gasteiger partial charge in [0.1, 0.15) is 0 Å². The first-order valence-electron chi connectivity index (χ1n) is 7.71. The number of unbranched alkanes of at least 4 members (excludes halogenated alkanes) is 5. The van der Waals surface area contributed by atoms with E-state index in [0.717, 1.165) is 5.92 Å². The summed E-state index contributed by atoms with van der Waals surface area (Å²) in [5, 5.41) is 0. The lowest BCUT2D eigenvalue weighted by Gasteiger charge is -2.32. The maximum atomic E-state index is 4.16. The van der Waals surface area contributed by atoms with E-state index >= 15 is 0 Å². The highest BCUT2D eigenvalue weighted by atomic mass is 14.3. The van der Waals surface area contributed by atoms with E-state index in [9.17, 15) is 0 Å². The molecule has 0 bridgehead atoms. The first-order valence-corrected chi connectivity index (χ1v) is 7.71. The van der Waals surface area contributed by atoms with Gasteiger partial charge in [-0.1, -0.05) is 80.1 Å². The van der Waals surface area contributed by atoms with Crippen LogP contribution in [-0.2, 0) is 0 Å². The van der Waals surface area contributed by atoms with Crippen LogP contribution in [0.1, 0.15) is 86.0 Å². The first kappa shape index (κ1) is 17.0. The molecule has 0 aliphatic carbocycles. The second-order valence-electron chi connectivity index (χ2n) is 6.96. The van der Waals surface area contributed by atoms with E-state index in [1.54, 1.807) is 0 Å². The van der Waals surface area contributed by atoms with Gasteiger partial charge in [0.2, 0.25) is 0 Å². The van der Waals surface area contributed by atoms with Crippen LogP contribution in [0.4, 0.5) is 0 Å². The van der Waals surface area contributed by atoms with Gasteiger partial charge in [0.25, 0.3) is 0 Å². The zero-order valence-electron chi connectivity index (χ0n) is 13.0. The molecule has 0 amide bonds. The molecule has 0 aromatic rings. The zero-order chi connectivity index (χ0) is 13.3. The standard InChI is InChI=1S/C17H35/c1-7-8-9-10-11-12-13-16(14-15(2)3)17(4,5)6/h15-16H,2,7-14H2,1,3-6H3. The molecule has 2 atom stereocenters. The van der Waals surface area contributed by atoms with Crippen molar-refractivity contribution in [2.75, 3.05) is 0 Å². The van der Waals surface area contributed by atoms with Crippen molar-refractivity contribution in [2.45, 2.75) is 86.0 Å². The van der Waals surface area contributed by atoms with Crippen molar-refractivity contribution in [3.63, 3.8) is 0 Å². The third-order valence-electron chi connectivity index (χ3n) is 3.82. The molecular formula is C17H35. The van der Waals surface area contributed by atoms with Crippen molar-refractivity contribution >= 4 is 0 Å². The van der Waals surface area contributed by atoms with Gasteiger partial charge >= 0.3 is 0 Å². The number of hydrogen-bond acceptors (Lipinski definition) is 0. The normalized spacial score (nSPS) is 14.3. The summed E-state index contributed by atoms with van der Waals surface area (Å²) in [6.45, 7) is 15.9. The molecule has 0 heteroatoms. The lowest BCUT2D eigenvalue weighted by molar-refractivity contribution is 0.191. The summed E-state index contributed by atoms with van der Waals surface area (Å²) in [5.41, 5.74) is 0.454. The van der Waals surface area contributed by atoms with Crippen molar-refractivity contribution in [1.82, 2.24) is 0 Å². The van der Waals surface area contributed by atoms with Crippen molar-refractivity contribution in [2.24, 2.45) is 17.3 Å². The van der Waals surface area contributed by atoms with Gasteiger partial charge in [-0.15, -0.1) is 0 Å². The predicted molar refractivity (Wildman–Crippen MR) is 80.1 cm³/mol. The van der Waals surface area contributed by atoms with Gasteiger partial charge in [0, 0.05) is 0 Å². The quantitative estimate of drug-likeness (QED) is 0.417. The van der Waals surface area contributed by atoms with E-state index in [-0.39, 0.29) is 0 Å². The van der Waals surface area contributed by atoms with Gasteiger partial charge in [0.05, 0.1) is 0 Å². The molecule has 0 aromatic carbocycles. The van der Waals surface area contributed by atoms with E-state index in [1.807, 2.05) is 0 Å². The van der Waals surface area contributed by atoms with Gasteiger partial charge in [0.15, 0.2) is 0 Å². The Morgan fingerprint density at radius 1 is 0.941 bits per heavy atom. The smallest absolute Gasteiger partial charge is 0.0354 e. The van der Waals surface area contributed by atoms with Crippen LogP contribution in [0.5, 0.6) is 0 Å². The molecule has 0 fully saturated rings. The van der Waals surface area contributed by atoms with Crippen LogP contribution in [0.2, 0.25) is 0 Å². The van der Waals surface area contributed by atoms with Gasteiger partial charge < -0.3 is 0 Å². The Morgan fingerprint density at radius 3 is 1.94 bits per heavy atom. The Bertz CT molecular complexity index is 161. The lowest BCUT2D eigenvalue weighted by atomic mass is 9.74. The van der Waals surface area contributed by atoms with Gasteiger partial charge in [-0.05, 0) is 30.1 Å². The molecule has 1 radical (unpaired) electrons. The molecular weight excluding hydrogens is 204 g/mol. The molecule has 0 heterocycles. The van der Waals surface area contributed by atoms with Crippen LogP contribution in [-0.4, -0.2) is 0 Å².